The molecule has 2 rings (SSSR count). The highest BCUT2D eigenvalue weighted by molar-refractivity contribution is 9.13. The number of benzene rings is 1. The summed E-state index contributed by atoms with van der Waals surface area (Å²) in [5.41, 5.74) is 0.646. The summed E-state index contributed by atoms with van der Waals surface area (Å²) in [7, 11) is 0. The highest BCUT2D eigenvalue weighted by atomic mass is 79.9. The molecule has 1 atom stereocenters. The maximum Gasteiger partial charge on any atom is 0.183 e. The second-order valence-electron chi connectivity index (χ2n) is 3.74. The number of hydrogen-bond donors (Lipinski definition) is 1. The van der Waals surface area contributed by atoms with Gasteiger partial charge in [0.1, 0.15) is 17.7 Å². The summed E-state index contributed by atoms with van der Waals surface area (Å²) in [6, 6.07) is 6.11. The molecule has 0 aliphatic heterocycles. The van der Waals surface area contributed by atoms with E-state index in [-0.39, 0.29) is 11.4 Å². The molecule has 2 aromatic rings. The number of halogens is 4. The quantitative estimate of drug-likeness (QED) is 0.800. The van der Waals surface area contributed by atoms with Gasteiger partial charge in [0.05, 0.1) is 9.50 Å². The van der Waals surface area contributed by atoms with Gasteiger partial charge in [-0.15, -0.1) is 0 Å². The van der Waals surface area contributed by atoms with E-state index in [2.05, 4.69) is 31.9 Å². The van der Waals surface area contributed by atoms with Crippen LogP contribution < -0.4 is 0 Å². The molecule has 0 saturated carbocycles. The fourth-order valence-corrected chi connectivity index (χ4v) is 2.24. The van der Waals surface area contributed by atoms with Gasteiger partial charge in [0.25, 0.3) is 0 Å². The Hall–Kier alpha value is -0.360. The second kappa shape index (κ2) is 5.74. The standard InChI is InChI=1S/C12H8Br2ClFO2/c13-7-5-11(18-12(7)14)10(17)4-6-1-2-8(15)9(16)3-6/h1-3,5,10,17H,4H2. The lowest BCUT2D eigenvalue weighted by molar-refractivity contribution is 0.148. The average Bonchev–Trinajstić information content (AvgIpc) is 2.65. The van der Waals surface area contributed by atoms with Crippen molar-refractivity contribution >= 4 is 43.5 Å². The first-order valence-corrected chi connectivity index (χ1v) is 7.00. The summed E-state index contributed by atoms with van der Waals surface area (Å²) in [4.78, 5) is 0. The van der Waals surface area contributed by atoms with Crippen molar-refractivity contribution in [1.29, 1.82) is 0 Å². The predicted molar refractivity (Wildman–Crippen MR) is 74.2 cm³/mol. The largest absolute Gasteiger partial charge is 0.450 e. The highest BCUT2D eigenvalue weighted by Gasteiger charge is 2.16. The Balaban J connectivity index is 2.15. The molecule has 1 aromatic carbocycles. The lowest BCUT2D eigenvalue weighted by Gasteiger charge is -2.08. The van der Waals surface area contributed by atoms with Crippen LogP contribution in [0.25, 0.3) is 0 Å². The number of aliphatic hydroxyl groups excluding tert-OH is 1. The topological polar surface area (TPSA) is 33.4 Å². The van der Waals surface area contributed by atoms with Gasteiger partial charge in [-0.05, 0) is 55.6 Å². The van der Waals surface area contributed by atoms with Gasteiger partial charge in [-0.1, -0.05) is 17.7 Å². The normalized spacial score (nSPS) is 12.7. The van der Waals surface area contributed by atoms with Gasteiger partial charge in [-0.2, -0.15) is 0 Å². The fraction of sp³-hybridized carbons (Fsp3) is 0.167. The molecule has 0 spiro atoms. The Labute approximate surface area is 125 Å². The van der Waals surface area contributed by atoms with Crippen LogP contribution in [-0.2, 0) is 6.42 Å². The van der Waals surface area contributed by atoms with Gasteiger partial charge in [0.2, 0.25) is 0 Å². The SMILES string of the molecule is OC(Cc1ccc(Cl)c(F)c1)c1cc(Br)c(Br)o1. The van der Waals surface area contributed by atoms with E-state index in [1.54, 1.807) is 12.1 Å². The molecule has 96 valence electrons. The Bertz CT molecular complexity index is 552. The number of hydrogen-bond acceptors (Lipinski definition) is 2. The zero-order chi connectivity index (χ0) is 13.3. The van der Waals surface area contributed by atoms with Gasteiger partial charge in [0, 0.05) is 6.42 Å². The smallest absolute Gasteiger partial charge is 0.183 e. The minimum absolute atomic E-state index is 0.0664. The van der Waals surface area contributed by atoms with Crippen LogP contribution in [0.4, 0.5) is 4.39 Å². The molecule has 0 fully saturated rings. The summed E-state index contributed by atoms with van der Waals surface area (Å²) in [6.07, 6.45) is -0.589. The van der Waals surface area contributed by atoms with E-state index in [1.165, 1.54) is 12.1 Å². The lowest BCUT2D eigenvalue weighted by Crippen LogP contribution is -2.00. The molecule has 1 heterocycles. The second-order valence-corrected chi connectivity index (χ2v) is 5.72. The molecule has 0 bridgehead atoms. The van der Waals surface area contributed by atoms with Crippen LogP contribution in [0.2, 0.25) is 5.02 Å². The fourth-order valence-electron chi connectivity index (χ4n) is 1.52. The molecule has 18 heavy (non-hydrogen) atoms. The van der Waals surface area contributed by atoms with Crippen LogP contribution in [0.1, 0.15) is 17.4 Å². The molecule has 0 aliphatic carbocycles. The first-order chi connectivity index (χ1) is 8.47. The Morgan fingerprint density at radius 1 is 1.33 bits per heavy atom. The monoisotopic (exact) mass is 396 g/mol. The molecule has 0 amide bonds. The van der Waals surface area contributed by atoms with E-state index in [4.69, 9.17) is 16.0 Å². The van der Waals surface area contributed by atoms with Crippen LogP contribution in [0, 0.1) is 5.82 Å². The molecule has 6 heteroatoms. The minimum Gasteiger partial charge on any atom is -0.450 e. The average molecular weight is 398 g/mol. The summed E-state index contributed by atoms with van der Waals surface area (Å²) >= 11 is 12.0. The van der Waals surface area contributed by atoms with E-state index in [1.807, 2.05) is 0 Å². The molecule has 1 N–H and O–H groups in total. The van der Waals surface area contributed by atoms with Crippen LogP contribution in [0.3, 0.4) is 0 Å². The van der Waals surface area contributed by atoms with Crippen LogP contribution >= 0.6 is 43.5 Å². The molecule has 0 aliphatic rings. The van der Waals surface area contributed by atoms with Crippen molar-refractivity contribution in [3.8, 4) is 0 Å². The van der Waals surface area contributed by atoms with Gasteiger partial charge in [-0.25, -0.2) is 4.39 Å². The van der Waals surface area contributed by atoms with Crippen LogP contribution in [-0.4, -0.2) is 5.11 Å². The van der Waals surface area contributed by atoms with E-state index >= 15 is 0 Å². The van der Waals surface area contributed by atoms with E-state index in [0.29, 0.717) is 16.0 Å². The number of aliphatic hydroxyl groups is 1. The number of rotatable bonds is 3. The highest BCUT2D eigenvalue weighted by Crippen LogP contribution is 2.31. The first-order valence-electron chi connectivity index (χ1n) is 5.04. The molecule has 0 radical (unpaired) electrons. The molecular formula is C12H8Br2ClFO2. The van der Waals surface area contributed by atoms with Gasteiger partial charge in [-0.3, -0.25) is 0 Å². The van der Waals surface area contributed by atoms with Crippen molar-refractivity contribution in [2.24, 2.45) is 0 Å². The van der Waals surface area contributed by atoms with Crippen molar-refractivity contribution in [1.82, 2.24) is 0 Å². The van der Waals surface area contributed by atoms with Gasteiger partial charge in [0.15, 0.2) is 4.67 Å². The first kappa shape index (κ1) is 14.1. The van der Waals surface area contributed by atoms with E-state index in [0.717, 1.165) is 4.47 Å². The van der Waals surface area contributed by atoms with Crippen molar-refractivity contribution in [3.05, 3.63) is 55.6 Å². The molecular weight excluding hydrogens is 390 g/mol. The van der Waals surface area contributed by atoms with Gasteiger partial charge < -0.3 is 9.52 Å². The Kier molecular flexibility index (Phi) is 4.48. The molecule has 1 unspecified atom stereocenters. The maximum absolute atomic E-state index is 13.2. The maximum atomic E-state index is 13.2. The summed E-state index contributed by atoms with van der Waals surface area (Å²) < 4.78 is 19.8. The van der Waals surface area contributed by atoms with E-state index in [9.17, 15) is 9.50 Å². The predicted octanol–water partition coefficient (Wildman–Crippen LogP) is 4.87. The zero-order valence-electron chi connectivity index (χ0n) is 8.96. The van der Waals surface area contributed by atoms with Crippen molar-refractivity contribution in [2.75, 3.05) is 0 Å². The van der Waals surface area contributed by atoms with Gasteiger partial charge >= 0.3 is 0 Å². The summed E-state index contributed by atoms with van der Waals surface area (Å²) in [5, 5.41) is 10.0. The van der Waals surface area contributed by atoms with E-state index < -0.39 is 11.9 Å². The van der Waals surface area contributed by atoms with Crippen molar-refractivity contribution in [2.45, 2.75) is 12.5 Å². The Morgan fingerprint density at radius 2 is 2.06 bits per heavy atom. The third-order valence-corrected chi connectivity index (χ3v) is 4.42. The lowest BCUT2D eigenvalue weighted by atomic mass is 10.1. The minimum atomic E-state index is -0.840. The van der Waals surface area contributed by atoms with Crippen molar-refractivity contribution in [3.63, 3.8) is 0 Å². The Morgan fingerprint density at radius 3 is 2.61 bits per heavy atom. The third kappa shape index (κ3) is 3.15. The van der Waals surface area contributed by atoms with Crippen molar-refractivity contribution < 1.29 is 13.9 Å². The molecule has 1 aromatic heterocycles. The third-order valence-electron chi connectivity index (χ3n) is 2.41. The zero-order valence-corrected chi connectivity index (χ0v) is 12.9. The molecule has 2 nitrogen and oxygen atoms in total. The van der Waals surface area contributed by atoms with Crippen LogP contribution in [0.5, 0.6) is 0 Å². The van der Waals surface area contributed by atoms with Crippen LogP contribution in [0.15, 0.2) is 37.8 Å². The molecule has 0 saturated heterocycles. The summed E-state index contributed by atoms with van der Waals surface area (Å²) in [6.45, 7) is 0. The summed E-state index contributed by atoms with van der Waals surface area (Å²) in [5.74, 6) is -0.0905. The number of furan rings is 1.